The molecule has 1 aliphatic rings. The number of nitrogens with zero attached hydrogens (tertiary/aromatic N) is 2. The van der Waals surface area contributed by atoms with Gasteiger partial charge in [-0.25, -0.2) is 0 Å². The number of rotatable bonds is 7. The van der Waals surface area contributed by atoms with Gasteiger partial charge in [0, 0.05) is 38.1 Å². The second-order valence-electron chi connectivity index (χ2n) is 7.53. The van der Waals surface area contributed by atoms with E-state index in [9.17, 15) is 0 Å². The van der Waals surface area contributed by atoms with Gasteiger partial charge < -0.3 is 20.1 Å². The zero-order valence-corrected chi connectivity index (χ0v) is 19.0. The van der Waals surface area contributed by atoms with Gasteiger partial charge in [-0.3, -0.25) is 9.89 Å². The second-order valence-corrected chi connectivity index (χ2v) is 8.51. The van der Waals surface area contributed by atoms with Crippen LogP contribution in [0.1, 0.15) is 16.5 Å². The number of hydrogen-bond acceptors (Lipinski definition) is 5. The van der Waals surface area contributed by atoms with E-state index in [0.717, 1.165) is 44.6 Å². The molecule has 31 heavy (non-hydrogen) atoms. The Morgan fingerprint density at radius 3 is 2.68 bits per heavy atom. The van der Waals surface area contributed by atoms with Crippen molar-refractivity contribution in [3.05, 3.63) is 64.4 Å². The molecule has 0 amide bonds. The zero-order chi connectivity index (χ0) is 21.5. The maximum absolute atomic E-state index is 5.54. The molecule has 1 aliphatic heterocycles. The van der Waals surface area contributed by atoms with Gasteiger partial charge in [-0.1, -0.05) is 24.3 Å². The Labute approximate surface area is 187 Å². The van der Waals surface area contributed by atoms with Crippen molar-refractivity contribution in [2.24, 2.45) is 4.99 Å². The first kappa shape index (κ1) is 21.6. The molecule has 1 aromatic heterocycles. The van der Waals surface area contributed by atoms with Gasteiger partial charge in [-0.2, -0.15) is 0 Å². The SMILES string of the molecule is CN=C(NCc1ccc2cc(OC)ccc2c1)NCC(c1cccs1)N1CCOCC1. The number of thiophene rings is 1. The van der Waals surface area contributed by atoms with Crippen molar-refractivity contribution in [3.63, 3.8) is 0 Å². The summed E-state index contributed by atoms with van der Waals surface area (Å²) in [7, 11) is 3.51. The molecule has 0 bridgehead atoms. The first-order valence-corrected chi connectivity index (χ1v) is 11.5. The third kappa shape index (κ3) is 5.55. The molecule has 3 aromatic rings. The molecule has 0 aliphatic carbocycles. The predicted octanol–water partition coefficient (Wildman–Crippen LogP) is 3.65. The summed E-state index contributed by atoms with van der Waals surface area (Å²) in [5.41, 5.74) is 1.21. The Morgan fingerprint density at radius 1 is 1.13 bits per heavy atom. The molecule has 1 saturated heterocycles. The highest BCUT2D eigenvalue weighted by molar-refractivity contribution is 7.10. The van der Waals surface area contributed by atoms with Crippen molar-refractivity contribution in [1.82, 2.24) is 15.5 Å². The second kappa shape index (κ2) is 10.6. The molecule has 164 valence electrons. The molecule has 0 radical (unpaired) electrons. The number of methoxy groups -OCH3 is 1. The summed E-state index contributed by atoms with van der Waals surface area (Å²) >= 11 is 1.81. The fourth-order valence-electron chi connectivity index (χ4n) is 3.89. The smallest absolute Gasteiger partial charge is 0.191 e. The number of morpholine rings is 1. The van der Waals surface area contributed by atoms with Crippen molar-refractivity contribution in [2.75, 3.05) is 47.0 Å². The van der Waals surface area contributed by atoms with Crippen LogP contribution in [0.2, 0.25) is 0 Å². The van der Waals surface area contributed by atoms with Gasteiger partial charge in [-0.15, -0.1) is 11.3 Å². The van der Waals surface area contributed by atoms with Crippen LogP contribution in [0, 0.1) is 0 Å². The fraction of sp³-hybridized carbons (Fsp3) is 0.375. The van der Waals surface area contributed by atoms with Crippen LogP contribution in [0.5, 0.6) is 5.75 Å². The number of ether oxygens (including phenoxy) is 2. The van der Waals surface area contributed by atoms with Crippen LogP contribution in [0.3, 0.4) is 0 Å². The highest BCUT2D eigenvalue weighted by Gasteiger charge is 2.23. The lowest BCUT2D eigenvalue weighted by atomic mass is 10.1. The molecular formula is C24H30N4O2S. The van der Waals surface area contributed by atoms with Gasteiger partial charge in [0.2, 0.25) is 0 Å². The van der Waals surface area contributed by atoms with E-state index in [0.29, 0.717) is 12.6 Å². The van der Waals surface area contributed by atoms with E-state index < -0.39 is 0 Å². The van der Waals surface area contributed by atoms with Gasteiger partial charge in [0.1, 0.15) is 5.75 Å². The van der Waals surface area contributed by atoms with E-state index in [1.807, 2.05) is 13.1 Å². The maximum atomic E-state index is 5.54. The molecule has 2 heterocycles. The topological polar surface area (TPSA) is 58.1 Å². The highest BCUT2D eigenvalue weighted by atomic mass is 32.1. The first-order chi connectivity index (χ1) is 15.3. The molecule has 2 N–H and O–H groups in total. The standard InChI is InChI=1S/C24H30N4O2S/c1-25-24(26-16-18-5-6-20-15-21(29-2)8-7-19(20)14-18)27-17-22(23-4-3-13-31-23)28-9-11-30-12-10-28/h3-8,13-15,22H,9-12,16-17H2,1-2H3,(H2,25,26,27). The summed E-state index contributed by atoms with van der Waals surface area (Å²) in [5.74, 6) is 1.69. The first-order valence-electron chi connectivity index (χ1n) is 10.6. The fourth-order valence-corrected chi connectivity index (χ4v) is 4.75. The number of hydrogen-bond donors (Lipinski definition) is 2. The van der Waals surface area contributed by atoms with Crippen molar-refractivity contribution in [1.29, 1.82) is 0 Å². The lowest BCUT2D eigenvalue weighted by Crippen LogP contribution is -2.46. The molecule has 2 aromatic carbocycles. The van der Waals surface area contributed by atoms with Crippen LogP contribution < -0.4 is 15.4 Å². The molecule has 0 saturated carbocycles. The van der Waals surface area contributed by atoms with Crippen LogP contribution in [0.25, 0.3) is 10.8 Å². The Hall–Kier alpha value is -2.61. The molecule has 7 heteroatoms. The van der Waals surface area contributed by atoms with Crippen LogP contribution in [-0.4, -0.2) is 57.9 Å². The predicted molar refractivity (Wildman–Crippen MR) is 128 cm³/mol. The number of aliphatic imine (C=N–C) groups is 1. The number of benzene rings is 2. The van der Waals surface area contributed by atoms with Crippen molar-refractivity contribution in [2.45, 2.75) is 12.6 Å². The summed E-state index contributed by atoms with van der Waals surface area (Å²) in [6.45, 7) is 5.02. The third-order valence-electron chi connectivity index (χ3n) is 5.62. The Kier molecular flexibility index (Phi) is 7.40. The summed E-state index contributed by atoms with van der Waals surface area (Å²) in [6.07, 6.45) is 0. The van der Waals surface area contributed by atoms with E-state index in [1.165, 1.54) is 21.2 Å². The molecule has 6 nitrogen and oxygen atoms in total. The molecule has 1 atom stereocenters. The largest absolute Gasteiger partial charge is 0.497 e. The molecular weight excluding hydrogens is 408 g/mol. The summed E-state index contributed by atoms with van der Waals surface area (Å²) in [4.78, 5) is 8.29. The summed E-state index contributed by atoms with van der Waals surface area (Å²) < 4.78 is 10.9. The normalized spacial score (nSPS) is 16.3. The number of nitrogens with one attached hydrogen (secondary N) is 2. The Bertz CT molecular complexity index is 1000. The van der Waals surface area contributed by atoms with E-state index in [-0.39, 0.29) is 0 Å². The summed E-state index contributed by atoms with van der Waals surface area (Å²) in [6, 6.07) is 17.3. The minimum atomic E-state index is 0.318. The average molecular weight is 439 g/mol. The minimum absolute atomic E-state index is 0.318. The lowest BCUT2D eigenvalue weighted by Gasteiger charge is -2.34. The van der Waals surface area contributed by atoms with Crippen molar-refractivity contribution < 1.29 is 9.47 Å². The van der Waals surface area contributed by atoms with Crippen LogP contribution in [-0.2, 0) is 11.3 Å². The van der Waals surface area contributed by atoms with Crippen molar-refractivity contribution in [3.8, 4) is 5.75 Å². The molecule has 4 rings (SSSR count). The number of guanidine groups is 1. The highest BCUT2D eigenvalue weighted by Crippen LogP contribution is 2.25. The average Bonchev–Trinajstić information content (AvgIpc) is 3.36. The maximum Gasteiger partial charge on any atom is 0.191 e. The van der Waals surface area contributed by atoms with Crippen molar-refractivity contribution >= 4 is 28.1 Å². The summed E-state index contributed by atoms with van der Waals surface area (Å²) in [5, 5.41) is 11.5. The molecule has 1 fully saturated rings. The molecule has 1 unspecified atom stereocenters. The van der Waals surface area contributed by atoms with Gasteiger partial charge >= 0.3 is 0 Å². The van der Waals surface area contributed by atoms with E-state index in [4.69, 9.17) is 9.47 Å². The Balaban J connectivity index is 1.37. The number of fused-ring (bicyclic) bond motifs is 1. The van der Waals surface area contributed by atoms with Gasteiger partial charge in [0.05, 0.1) is 26.4 Å². The van der Waals surface area contributed by atoms with E-state index in [1.54, 1.807) is 18.4 Å². The van der Waals surface area contributed by atoms with Gasteiger partial charge in [-0.05, 0) is 46.0 Å². The monoisotopic (exact) mass is 438 g/mol. The van der Waals surface area contributed by atoms with E-state index >= 15 is 0 Å². The van der Waals surface area contributed by atoms with E-state index in [2.05, 4.69) is 68.4 Å². The zero-order valence-electron chi connectivity index (χ0n) is 18.1. The van der Waals surface area contributed by atoms with Gasteiger partial charge in [0.15, 0.2) is 5.96 Å². The molecule has 0 spiro atoms. The third-order valence-corrected chi connectivity index (χ3v) is 6.59. The minimum Gasteiger partial charge on any atom is -0.497 e. The van der Waals surface area contributed by atoms with Crippen LogP contribution in [0.4, 0.5) is 0 Å². The Morgan fingerprint density at radius 2 is 1.94 bits per heavy atom. The lowest BCUT2D eigenvalue weighted by molar-refractivity contribution is 0.0177. The van der Waals surface area contributed by atoms with Gasteiger partial charge in [0.25, 0.3) is 0 Å². The quantitative estimate of drug-likeness (QED) is 0.436. The van der Waals surface area contributed by atoms with Crippen LogP contribution >= 0.6 is 11.3 Å². The van der Waals surface area contributed by atoms with Crippen LogP contribution in [0.15, 0.2) is 58.9 Å².